The molecule has 1 fully saturated rings. The molecule has 0 amide bonds. The molecular formula is C41H40N2. The Labute approximate surface area is 257 Å². The zero-order valence-corrected chi connectivity index (χ0v) is 25.0. The van der Waals surface area contributed by atoms with Gasteiger partial charge in [0.05, 0.1) is 5.71 Å². The molecule has 43 heavy (non-hydrogen) atoms. The molecule has 0 saturated carbocycles. The predicted octanol–water partition coefficient (Wildman–Crippen LogP) is 10.2. The normalized spacial score (nSPS) is 18.0. The summed E-state index contributed by atoms with van der Waals surface area (Å²) < 4.78 is 0. The van der Waals surface area contributed by atoms with Gasteiger partial charge in [-0.25, -0.2) is 0 Å². The van der Waals surface area contributed by atoms with E-state index < -0.39 is 0 Å². The number of nitrogens with zero attached hydrogens (tertiary/aromatic N) is 2. The second-order valence-corrected chi connectivity index (χ2v) is 10.8. The molecule has 0 radical (unpaired) electrons. The van der Waals surface area contributed by atoms with Crippen LogP contribution in [0.4, 0.5) is 0 Å². The fraction of sp³-hybridized carbons (Fsp3) is 0.146. The highest BCUT2D eigenvalue weighted by molar-refractivity contribution is 6.07. The van der Waals surface area contributed by atoms with Crippen molar-refractivity contribution in [1.82, 2.24) is 4.90 Å². The summed E-state index contributed by atoms with van der Waals surface area (Å²) in [6.07, 6.45) is 28.0. The largest absolute Gasteiger partial charge is 0.276 e. The minimum absolute atomic E-state index is 0.323. The first-order chi connectivity index (χ1) is 21.2. The van der Waals surface area contributed by atoms with Crippen molar-refractivity contribution in [3.05, 3.63) is 169 Å². The van der Waals surface area contributed by atoms with Crippen LogP contribution in [-0.4, -0.2) is 29.9 Å². The fourth-order valence-electron chi connectivity index (χ4n) is 6.10. The average Bonchev–Trinajstić information content (AvgIpc) is 3.48. The molecule has 2 heterocycles. The molecule has 214 valence electrons. The third kappa shape index (κ3) is 6.66. The molecule has 1 unspecified atom stereocenters. The Bertz CT molecular complexity index is 1710. The highest BCUT2D eigenvalue weighted by Gasteiger charge is 2.30. The van der Waals surface area contributed by atoms with Crippen molar-refractivity contribution in [2.45, 2.75) is 25.4 Å². The summed E-state index contributed by atoms with van der Waals surface area (Å²) in [4.78, 5) is 7.60. The highest BCUT2D eigenvalue weighted by Crippen LogP contribution is 2.32. The maximum atomic E-state index is 5.10. The van der Waals surface area contributed by atoms with E-state index in [-0.39, 0.29) is 0 Å². The molecule has 2 aliphatic rings. The minimum atomic E-state index is 0.323. The zero-order valence-electron chi connectivity index (χ0n) is 25.0. The van der Waals surface area contributed by atoms with Crippen LogP contribution in [0.5, 0.6) is 0 Å². The van der Waals surface area contributed by atoms with Crippen molar-refractivity contribution in [2.75, 3.05) is 13.1 Å². The van der Waals surface area contributed by atoms with Gasteiger partial charge in [-0.2, -0.15) is 0 Å². The molecule has 0 aliphatic carbocycles. The van der Waals surface area contributed by atoms with Crippen LogP contribution in [0.2, 0.25) is 0 Å². The Morgan fingerprint density at radius 2 is 1.42 bits per heavy atom. The van der Waals surface area contributed by atoms with E-state index in [1.54, 1.807) is 0 Å². The maximum Gasteiger partial charge on any atom is 0.103 e. The van der Waals surface area contributed by atoms with Gasteiger partial charge in [0.25, 0.3) is 0 Å². The van der Waals surface area contributed by atoms with E-state index in [1.165, 1.54) is 29.2 Å². The molecular weight excluding hydrogens is 520 g/mol. The minimum Gasteiger partial charge on any atom is -0.276 e. The molecule has 3 aromatic carbocycles. The summed E-state index contributed by atoms with van der Waals surface area (Å²) in [6.45, 7) is 18.3. The summed E-state index contributed by atoms with van der Waals surface area (Å²) >= 11 is 0. The van der Waals surface area contributed by atoms with Gasteiger partial charge >= 0.3 is 0 Å². The number of benzene rings is 3. The lowest BCUT2D eigenvalue weighted by molar-refractivity contribution is 0.194. The zero-order chi connectivity index (χ0) is 30.0. The van der Waals surface area contributed by atoms with Crippen LogP contribution in [0.3, 0.4) is 0 Å². The van der Waals surface area contributed by atoms with Crippen LogP contribution in [-0.2, 0) is 0 Å². The first-order valence-corrected chi connectivity index (χ1v) is 15.1. The van der Waals surface area contributed by atoms with Crippen LogP contribution < -0.4 is 0 Å². The van der Waals surface area contributed by atoms with Crippen molar-refractivity contribution in [3.63, 3.8) is 0 Å². The molecule has 2 aliphatic heterocycles. The van der Waals surface area contributed by atoms with Gasteiger partial charge in [0.2, 0.25) is 0 Å². The smallest absolute Gasteiger partial charge is 0.103 e. The summed E-state index contributed by atoms with van der Waals surface area (Å²) in [5, 5.41) is 2.45. The van der Waals surface area contributed by atoms with E-state index in [9.17, 15) is 0 Å². The predicted molar refractivity (Wildman–Crippen MR) is 190 cm³/mol. The lowest BCUT2D eigenvalue weighted by Crippen LogP contribution is -2.35. The van der Waals surface area contributed by atoms with Gasteiger partial charge in [-0.15, -0.1) is 0 Å². The monoisotopic (exact) mass is 560 g/mol. The molecule has 1 saturated heterocycles. The second-order valence-electron chi connectivity index (χ2n) is 10.8. The van der Waals surface area contributed by atoms with Crippen molar-refractivity contribution in [1.29, 1.82) is 0 Å². The van der Waals surface area contributed by atoms with Crippen LogP contribution in [0.25, 0.3) is 34.1 Å². The summed E-state index contributed by atoms with van der Waals surface area (Å²) in [5.74, 6) is 0. The number of rotatable bonds is 11. The highest BCUT2D eigenvalue weighted by atomic mass is 15.3. The van der Waals surface area contributed by atoms with Crippen molar-refractivity contribution in [2.24, 2.45) is 4.99 Å². The number of aliphatic imine (C=N–C) groups is 1. The lowest BCUT2D eigenvalue weighted by atomic mass is 9.89. The third-order valence-electron chi connectivity index (χ3n) is 8.13. The second kappa shape index (κ2) is 14.4. The average molecular weight is 561 g/mol. The number of hydrogen-bond acceptors (Lipinski definition) is 2. The van der Waals surface area contributed by atoms with Crippen molar-refractivity contribution < 1.29 is 0 Å². The molecule has 5 rings (SSSR count). The molecule has 3 aromatic rings. The molecule has 2 heteroatoms. The third-order valence-corrected chi connectivity index (χ3v) is 8.13. The first-order valence-electron chi connectivity index (χ1n) is 15.1. The van der Waals surface area contributed by atoms with Crippen LogP contribution in [0.1, 0.15) is 47.1 Å². The van der Waals surface area contributed by atoms with Crippen LogP contribution in [0.15, 0.2) is 147 Å². The first kappa shape index (κ1) is 29.7. The molecule has 0 spiro atoms. The van der Waals surface area contributed by atoms with E-state index in [0.717, 1.165) is 58.6 Å². The molecule has 2 nitrogen and oxygen atoms in total. The summed E-state index contributed by atoms with van der Waals surface area (Å²) in [7, 11) is 0. The number of piperidine rings is 1. The van der Waals surface area contributed by atoms with E-state index in [0.29, 0.717) is 6.17 Å². The molecule has 0 N–H and O–H groups in total. The van der Waals surface area contributed by atoms with Crippen LogP contribution >= 0.6 is 0 Å². The standard InChI is InChI=1S/C41H40N2/c1-5-18-31(37-25-17-23-33-22-13-14-24-36(33)37)20-11-9-10-12-21-32(19-6-2)38-27-28-39(35(8-4)34(38)7-3)40-30-43-29-16-15-26-41(43)42-40/h5-14,17-25,27-28,41H,1-4,15-16,26,29-30H2/b10-9-,20-11+,21-12+,31-18-,32-19-. The Morgan fingerprint density at radius 3 is 2.12 bits per heavy atom. The van der Waals surface area contributed by atoms with Gasteiger partial charge in [-0.05, 0) is 63.4 Å². The molecule has 0 bridgehead atoms. The van der Waals surface area contributed by atoms with Crippen molar-refractivity contribution >= 4 is 39.8 Å². The maximum absolute atomic E-state index is 5.10. The number of allylic oxidation sites excluding steroid dienone is 12. The quantitative estimate of drug-likeness (QED) is 0.213. The Balaban J connectivity index is 1.37. The fourth-order valence-corrected chi connectivity index (χ4v) is 6.10. The summed E-state index contributed by atoms with van der Waals surface area (Å²) in [6, 6.07) is 19.2. The van der Waals surface area contributed by atoms with E-state index >= 15 is 0 Å². The SMILES string of the molecule is C=C/C=C(/C=C/C=C\C=C\C(=C\C=C)c1cccc2ccccc12)c1ccc(C2=NC3CCCCN3C2)c(C=C)c1C=C. The van der Waals surface area contributed by atoms with E-state index in [2.05, 4.69) is 110 Å². The molecule has 1 atom stereocenters. The lowest BCUT2D eigenvalue weighted by Gasteiger charge is -2.27. The van der Waals surface area contributed by atoms with Gasteiger partial charge in [0.15, 0.2) is 0 Å². The van der Waals surface area contributed by atoms with Gasteiger partial charge in [-0.1, -0.05) is 154 Å². The van der Waals surface area contributed by atoms with Gasteiger partial charge < -0.3 is 0 Å². The van der Waals surface area contributed by atoms with Crippen LogP contribution in [0, 0.1) is 0 Å². The van der Waals surface area contributed by atoms with E-state index in [4.69, 9.17) is 4.99 Å². The van der Waals surface area contributed by atoms with Gasteiger partial charge in [0, 0.05) is 18.7 Å². The topological polar surface area (TPSA) is 15.6 Å². The summed E-state index contributed by atoms with van der Waals surface area (Å²) in [5.41, 5.74) is 8.92. The number of hydrogen-bond donors (Lipinski definition) is 0. The van der Waals surface area contributed by atoms with Gasteiger partial charge in [-0.3, -0.25) is 9.89 Å². The Hall–Kier alpha value is -4.79. The Kier molecular flexibility index (Phi) is 9.94. The van der Waals surface area contributed by atoms with Gasteiger partial charge in [0.1, 0.15) is 6.17 Å². The van der Waals surface area contributed by atoms with E-state index in [1.807, 2.05) is 48.6 Å². The Morgan fingerprint density at radius 1 is 0.721 bits per heavy atom. The van der Waals surface area contributed by atoms with Crippen molar-refractivity contribution in [3.8, 4) is 0 Å². The molecule has 0 aromatic heterocycles. The number of fused-ring (bicyclic) bond motifs is 2.